The molecule has 0 aliphatic heterocycles. The fourth-order valence-corrected chi connectivity index (χ4v) is 0.825. The molecular weight excluding hydrogens is 188 g/mol. The largest absolute Gasteiger partial charge is 0.388 e. The van der Waals surface area contributed by atoms with Gasteiger partial charge in [-0.1, -0.05) is 5.16 Å². The number of nitrogens with zero attached hydrogens (tertiary/aromatic N) is 2. The fourth-order valence-electron chi connectivity index (χ4n) is 0.825. The highest BCUT2D eigenvalue weighted by molar-refractivity contribution is 5.88. The summed E-state index contributed by atoms with van der Waals surface area (Å²) >= 11 is 0. The summed E-state index contributed by atoms with van der Waals surface area (Å²) in [6.07, 6.45) is 0.0871. The molecule has 0 fully saturated rings. The second kappa shape index (κ2) is 3.72. The highest BCUT2D eigenvalue weighted by atomic mass is 16.5. The maximum absolute atomic E-state index is 10.6. The molecule has 78 valence electrons. The second-order valence-electron chi connectivity index (χ2n) is 3.25. The quantitative estimate of drug-likeness (QED) is 0.538. The normalized spacial score (nSPS) is 15.1. The van der Waals surface area contributed by atoms with Gasteiger partial charge in [-0.05, 0) is 6.92 Å². The Labute approximate surface area is 80.1 Å². The lowest BCUT2D eigenvalue weighted by atomic mass is 10.0. The molecule has 5 N–H and O–H groups in total. The second-order valence-corrected chi connectivity index (χ2v) is 3.25. The van der Waals surface area contributed by atoms with Gasteiger partial charge in [-0.2, -0.15) is 4.98 Å². The van der Waals surface area contributed by atoms with Crippen molar-refractivity contribution in [3.05, 3.63) is 11.7 Å². The van der Waals surface area contributed by atoms with Gasteiger partial charge in [0.1, 0.15) is 0 Å². The molecule has 1 aromatic heterocycles. The van der Waals surface area contributed by atoms with E-state index in [2.05, 4.69) is 14.7 Å². The van der Waals surface area contributed by atoms with E-state index in [1.807, 2.05) is 0 Å². The minimum Gasteiger partial charge on any atom is -0.388 e. The Balaban J connectivity index is 2.73. The monoisotopic (exact) mass is 200 g/mol. The van der Waals surface area contributed by atoms with Gasteiger partial charge < -0.3 is 21.1 Å². The molecule has 0 radical (unpaired) electrons. The zero-order valence-corrected chi connectivity index (χ0v) is 7.73. The van der Waals surface area contributed by atoms with Crippen LogP contribution in [0.15, 0.2) is 4.52 Å². The summed E-state index contributed by atoms with van der Waals surface area (Å²) in [7, 11) is 0. The number of aromatic nitrogens is 2. The van der Waals surface area contributed by atoms with Gasteiger partial charge in [0.25, 0.3) is 11.7 Å². The predicted molar refractivity (Wildman–Crippen MR) is 46.2 cm³/mol. The van der Waals surface area contributed by atoms with E-state index in [1.165, 1.54) is 6.92 Å². The van der Waals surface area contributed by atoms with Crippen molar-refractivity contribution in [3.8, 4) is 0 Å². The molecule has 0 aromatic carbocycles. The number of aliphatic hydroxyl groups is 1. The Morgan fingerprint density at radius 3 is 2.79 bits per heavy atom. The first-order chi connectivity index (χ1) is 6.44. The lowest BCUT2D eigenvalue weighted by molar-refractivity contribution is 0.0610. The lowest BCUT2D eigenvalue weighted by Crippen LogP contribution is -2.36. The van der Waals surface area contributed by atoms with Crippen molar-refractivity contribution in [2.75, 3.05) is 6.54 Å². The minimum absolute atomic E-state index is 0.0568. The smallest absolute Gasteiger partial charge is 0.290 e. The Kier molecular flexibility index (Phi) is 2.82. The van der Waals surface area contributed by atoms with Crippen LogP contribution in [-0.2, 0) is 6.42 Å². The summed E-state index contributed by atoms with van der Waals surface area (Å²) in [5.41, 5.74) is 9.08. The number of carbonyl (C=O) groups is 1. The molecule has 0 aliphatic rings. The zero-order chi connectivity index (χ0) is 10.8. The number of carbonyl (C=O) groups excluding carboxylic acids is 1. The Hall–Kier alpha value is -1.47. The van der Waals surface area contributed by atoms with Crippen molar-refractivity contribution in [3.63, 3.8) is 0 Å². The number of nitrogens with two attached hydrogens (primary N) is 2. The van der Waals surface area contributed by atoms with E-state index in [0.29, 0.717) is 0 Å². The minimum atomic E-state index is -1.12. The van der Waals surface area contributed by atoms with Crippen LogP contribution < -0.4 is 11.5 Å². The average Bonchev–Trinajstić information content (AvgIpc) is 2.52. The fraction of sp³-hybridized carbons (Fsp3) is 0.571. The van der Waals surface area contributed by atoms with E-state index in [0.717, 1.165) is 0 Å². The van der Waals surface area contributed by atoms with Gasteiger partial charge in [0.05, 0.1) is 12.0 Å². The highest BCUT2D eigenvalue weighted by Gasteiger charge is 2.23. The average molecular weight is 200 g/mol. The number of amides is 1. The van der Waals surface area contributed by atoms with E-state index in [-0.39, 0.29) is 24.7 Å². The van der Waals surface area contributed by atoms with Crippen LogP contribution in [0.5, 0.6) is 0 Å². The third-order valence-corrected chi connectivity index (χ3v) is 1.66. The molecule has 0 spiro atoms. The predicted octanol–water partition coefficient (Wildman–Crippen LogP) is -1.58. The van der Waals surface area contributed by atoms with Crippen molar-refractivity contribution < 1.29 is 14.4 Å². The topological polar surface area (TPSA) is 128 Å². The number of hydrogen-bond acceptors (Lipinski definition) is 6. The van der Waals surface area contributed by atoms with Crippen molar-refractivity contribution in [1.82, 2.24) is 10.1 Å². The van der Waals surface area contributed by atoms with Crippen LogP contribution in [0.1, 0.15) is 23.4 Å². The van der Waals surface area contributed by atoms with Crippen LogP contribution in [0.4, 0.5) is 0 Å². The van der Waals surface area contributed by atoms with Crippen molar-refractivity contribution in [1.29, 1.82) is 0 Å². The van der Waals surface area contributed by atoms with Gasteiger partial charge in [-0.3, -0.25) is 4.79 Å². The first kappa shape index (κ1) is 10.6. The van der Waals surface area contributed by atoms with Crippen molar-refractivity contribution in [2.24, 2.45) is 11.5 Å². The third kappa shape index (κ3) is 2.51. The van der Waals surface area contributed by atoms with Gasteiger partial charge in [0.15, 0.2) is 0 Å². The first-order valence-electron chi connectivity index (χ1n) is 3.99. The van der Waals surface area contributed by atoms with Gasteiger partial charge in [-0.15, -0.1) is 0 Å². The summed E-state index contributed by atoms with van der Waals surface area (Å²) in [6.45, 7) is 1.59. The van der Waals surface area contributed by atoms with Crippen LogP contribution >= 0.6 is 0 Å². The standard InChI is InChI=1S/C7H12N4O3/c1-7(13,3-8)2-4-10-6(5(9)12)11-14-4/h13H,2-3,8H2,1H3,(H2,9,12). The summed E-state index contributed by atoms with van der Waals surface area (Å²) < 4.78 is 4.69. The molecule has 1 amide bonds. The third-order valence-electron chi connectivity index (χ3n) is 1.66. The molecule has 1 aromatic rings. The van der Waals surface area contributed by atoms with Gasteiger partial charge in [0, 0.05) is 6.54 Å². The summed E-state index contributed by atoms with van der Waals surface area (Å²) in [5.74, 6) is -0.838. The molecule has 1 rings (SSSR count). The summed E-state index contributed by atoms with van der Waals surface area (Å²) in [6, 6.07) is 0. The molecule has 7 heteroatoms. The van der Waals surface area contributed by atoms with Crippen LogP contribution in [0, 0.1) is 0 Å². The molecule has 1 unspecified atom stereocenters. The zero-order valence-electron chi connectivity index (χ0n) is 7.73. The van der Waals surface area contributed by atoms with Crippen LogP contribution in [-0.4, -0.2) is 33.3 Å². The van der Waals surface area contributed by atoms with E-state index in [9.17, 15) is 9.90 Å². The van der Waals surface area contributed by atoms with Crippen LogP contribution in [0.3, 0.4) is 0 Å². The number of hydrogen-bond donors (Lipinski definition) is 3. The van der Waals surface area contributed by atoms with E-state index < -0.39 is 11.5 Å². The molecule has 7 nitrogen and oxygen atoms in total. The summed E-state index contributed by atoms with van der Waals surface area (Å²) in [4.78, 5) is 14.3. The van der Waals surface area contributed by atoms with Gasteiger partial charge in [0.2, 0.25) is 5.89 Å². The van der Waals surface area contributed by atoms with Gasteiger partial charge >= 0.3 is 0 Å². The van der Waals surface area contributed by atoms with Crippen LogP contribution in [0.25, 0.3) is 0 Å². The van der Waals surface area contributed by atoms with Crippen LogP contribution in [0.2, 0.25) is 0 Å². The molecule has 1 heterocycles. The Morgan fingerprint density at radius 2 is 2.36 bits per heavy atom. The van der Waals surface area contributed by atoms with E-state index in [1.54, 1.807) is 0 Å². The summed E-state index contributed by atoms with van der Waals surface area (Å²) in [5, 5.41) is 12.9. The van der Waals surface area contributed by atoms with E-state index in [4.69, 9.17) is 11.5 Å². The molecule has 0 saturated heterocycles. The Bertz CT molecular complexity index is 333. The molecular formula is C7H12N4O3. The van der Waals surface area contributed by atoms with Crippen molar-refractivity contribution in [2.45, 2.75) is 18.9 Å². The van der Waals surface area contributed by atoms with E-state index >= 15 is 0 Å². The maximum atomic E-state index is 10.6. The number of rotatable bonds is 4. The lowest BCUT2D eigenvalue weighted by Gasteiger charge is -2.17. The van der Waals surface area contributed by atoms with Gasteiger partial charge in [-0.25, -0.2) is 0 Å². The SMILES string of the molecule is CC(O)(CN)Cc1nc(C(N)=O)no1. The molecule has 14 heavy (non-hydrogen) atoms. The Morgan fingerprint density at radius 1 is 1.71 bits per heavy atom. The molecule has 0 bridgehead atoms. The maximum Gasteiger partial charge on any atom is 0.290 e. The molecule has 1 atom stereocenters. The van der Waals surface area contributed by atoms with Crippen molar-refractivity contribution >= 4 is 5.91 Å². The highest BCUT2D eigenvalue weighted by Crippen LogP contribution is 2.09. The first-order valence-corrected chi connectivity index (χ1v) is 3.99. The molecule has 0 saturated carbocycles. The molecule has 0 aliphatic carbocycles. The number of primary amides is 1.